The molecular weight excluding hydrogens is 484 g/mol. The van der Waals surface area contributed by atoms with Crippen LogP contribution in [0.25, 0.3) is 17.1 Å². The number of aromatic nitrogens is 5. The first-order valence-corrected chi connectivity index (χ1v) is 11.0. The van der Waals surface area contributed by atoms with Crippen molar-refractivity contribution in [3.05, 3.63) is 63.8 Å². The fourth-order valence-electron chi connectivity index (χ4n) is 3.56. The largest absolute Gasteiger partial charge is 0.507 e. The van der Waals surface area contributed by atoms with Gasteiger partial charge in [0.2, 0.25) is 11.6 Å². The molecule has 0 radical (unpaired) electrons. The predicted molar refractivity (Wildman–Crippen MR) is 132 cm³/mol. The number of nitrogens with two attached hydrogens (primary N) is 1. The van der Waals surface area contributed by atoms with Gasteiger partial charge in [-0.1, -0.05) is 5.21 Å². The minimum Gasteiger partial charge on any atom is -0.507 e. The molecule has 4 aromatic rings. The van der Waals surface area contributed by atoms with E-state index in [-0.39, 0.29) is 34.5 Å². The van der Waals surface area contributed by atoms with Crippen LogP contribution in [-0.4, -0.2) is 60.5 Å². The molecule has 2 heterocycles. The molecule has 37 heavy (non-hydrogen) atoms. The highest BCUT2D eigenvalue weighted by Gasteiger charge is 2.25. The Balaban J connectivity index is 1.62. The summed E-state index contributed by atoms with van der Waals surface area (Å²) in [6.07, 6.45) is 1.29. The lowest BCUT2D eigenvalue weighted by Gasteiger charge is -2.21. The van der Waals surface area contributed by atoms with Crippen LogP contribution in [0.3, 0.4) is 0 Å². The molecule has 2 aromatic heterocycles. The lowest BCUT2D eigenvalue weighted by Crippen LogP contribution is -2.21. The van der Waals surface area contributed by atoms with Gasteiger partial charge in [0.15, 0.2) is 5.69 Å². The highest BCUT2D eigenvalue weighted by atomic mass is 16.6. The molecule has 0 aliphatic rings. The highest BCUT2D eigenvalue weighted by molar-refractivity contribution is 5.99. The number of phenolic OH excluding ortho intramolecular Hbond substituents is 1. The second-order valence-corrected chi connectivity index (χ2v) is 7.59. The maximum Gasteiger partial charge on any atom is 0.294 e. The van der Waals surface area contributed by atoms with Gasteiger partial charge in [0.1, 0.15) is 11.4 Å². The van der Waals surface area contributed by atoms with E-state index >= 15 is 0 Å². The predicted octanol–water partition coefficient (Wildman–Crippen LogP) is 2.12. The first kappa shape index (κ1) is 24.8. The summed E-state index contributed by atoms with van der Waals surface area (Å²) in [5.74, 6) is -0.887. The molecule has 0 saturated carbocycles. The maximum absolute atomic E-state index is 13.0. The maximum atomic E-state index is 13.0. The van der Waals surface area contributed by atoms with Crippen LogP contribution < -0.4 is 16.1 Å². The number of phenols is 1. The van der Waals surface area contributed by atoms with Gasteiger partial charge in [-0.05, 0) is 48.4 Å². The van der Waals surface area contributed by atoms with Crippen molar-refractivity contribution >= 4 is 29.3 Å². The van der Waals surface area contributed by atoms with Crippen molar-refractivity contribution in [3.63, 3.8) is 0 Å². The van der Waals surface area contributed by atoms with E-state index < -0.39 is 10.8 Å². The summed E-state index contributed by atoms with van der Waals surface area (Å²) in [5, 5.41) is 40.4. The Morgan fingerprint density at radius 2 is 1.97 bits per heavy atom. The molecule has 0 unspecified atom stereocenters. The summed E-state index contributed by atoms with van der Waals surface area (Å²) in [6, 6.07) is 10.5. The van der Waals surface area contributed by atoms with Crippen molar-refractivity contribution in [2.75, 3.05) is 23.7 Å². The van der Waals surface area contributed by atoms with Gasteiger partial charge in [0.05, 0.1) is 11.1 Å². The van der Waals surface area contributed by atoms with Crippen LogP contribution in [0.2, 0.25) is 0 Å². The molecule has 0 fully saturated rings. The molecule has 1 amide bonds. The summed E-state index contributed by atoms with van der Waals surface area (Å²) in [7, 11) is 0. The molecule has 0 spiro atoms. The number of nitrogens with one attached hydrogen (secondary N) is 1. The summed E-state index contributed by atoms with van der Waals surface area (Å²) in [4.78, 5) is 25.5. The Morgan fingerprint density at radius 3 is 2.57 bits per heavy atom. The van der Waals surface area contributed by atoms with Crippen molar-refractivity contribution in [2.24, 2.45) is 5.10 Å². The molecule has 15 nitrogen and oxygen atoms in total. The SMILES string of the molecule is CCN(CC)c1ccc(/C=N\NC(=O)c2nnn(-c3nonc3N)c2-c2ccc([N+](=O)[O-])cc2)c(O)c1. The second-order valence-electron chi connectivity index (χ2n) is 7.59. The van der Waals surface area contributed by atoms with E-state index in [1.165, 1.54) is 30.5 Å². The third-order valence-electron chi connectivity index (χ3n) is 5.45. The number of anilines is 2. The van der Waals surface area contributed by atoms with Crippen molar-refractivity contribution in [3.8, 4) is 22.8 Å². The van der Waals surface area contributed by atoms with E-state index in [1.807, 2.05) is 19.9 Å². The zero-order valence-electron chi connectivity index (χ0n) is 19.8. The molecule has 190 valence electrons. The van der Waals surface area contributed by atoms with Crippen molar-refractivity contribution in [2.45, 2.75) is 13.8 Å². The molecule has 0 atom stereocenters. The summed E-state index contributed by atoms with van der Waals surface area (Å²) in [5.41, 5.74) is 9.52. The van der Waals surface area contributed by atoms with Crippen molar-refractivity contribution in [1.82, 2.24) is 30.7 Å². The Kier molecular flexibility index (Phi) is 7.04. The Bertz CT molecular complexity index is 1460. The Labute approximate surface area is 209 Å². The van der Waals surface area contributed by atoms with Crippen LogP contribution in [0.15, 0.2) is 52.2 Å². The number of hydrazone groups is 1. The van der Waals surface area contributed by atoms with Gasteiger partial charge in [-0.2, -0.15) is 9.78 Å². The minimum absolute atomic E-state index is 0.00563. The van der Waals surface area contributed by atoms with Crippen LogP contribution in [0.5, 0.6) is 5.75 Å². The van der Waals surface area contributed by atoms with Gasteiger partial charge in [-0.25, -0.2) is 10.1 Å². The molecule has 0 bridgehead atoms. The van der Waals surface area contributed by atoms with Gasteiger partial charge >= 0.3 is 0 Å². The van der Waals surface area contributed by atoms with Crippen molar-refractivity contribution < 1.29 is 19.5 Å². The Morgan fingerprint density at radius 1 is 1.24 bits per heavy atom. The molecule has 0 aliphatic heterocycles. The number of nitrogen functional groups attached to an aromatic ring is 1. The number of hydrogen-bond donors (Lipinski definition) is 3. The number of nitrogens with zero attached hydrogens (tertiary/aromatic N) is 8. The molecule has 0 aliphatic carbocycles. The first-order valence-electron chi connectivity index (χ1n) is 11.0. The van der Waals surface area contributed by atoms with E-state index in [0.717, 1.165) is 23.5 Å². The average molecular weight is 506 g/mol. The van der Waals surface area contributed by atoms with Gasteiger partial charge < -0.3 is 15.7 Å². The third-order valence-corrected chi connectivity index (χ3v) is 5.45. The zero-order valence-corrected chi connectivity index (χ0v) is 19.8. The van der Waals surface area contributed by atoms with Gasteiger partial charge in [-0.3, -0.25) is 14.9 Å². The fraction of sp³-hybridized carbons (Fsp3) is 0.182. The molecule has 15 heteroatoms. The lowest BCUT2D eigenvalue weighted by molar-refractivity contribution is -0.384. The molecule has 4 N–H and O–H groups in total. The van der Waals surface area contributed by atoms with Crippen LogP contribution in [-0.2, 0) is 0 Å². The zero-order chi connectivity index (χ0) is 26.5. The number of nitro benzene ring substituents is 1. The normalized spacial score (nSPS) is 11.1. The summed E-state index contributed by atoms with van der Waals surface area (Å²) >= 11 is 0. The average Bonchev–Trinajstić information content (AvgIpc) is 3.52. The minimum atomic E-state index is -0.745. The fourth-order valence-corrected chi connectivity index (χ4v) is 3.56. The number of carbonyl (C=O) groups excluding carboxylic acids is 1. The second kappa shape index (κ2) is 10.5. The molecule has 2 aromatic carbocycles. The lowest BCUT2D eigenvalue weighted by atomic mass is 10.1. The van der Waals surface area contributed by atoms with Gasteiger partial charge in [0.25, 0.3) is 11.6 Å². The van der Waals surface area contributed by atoms with E-state index in [1.54, 1.807) is 12.1 Å². The number of amides is 1. The van der Waals surface area contributed by atoms with E-state index in [4.69, 9.17) is 5.73 Å². The van der Waals surface area contributed by atoms with Crippen LogP contribution in [0.1, 0.15) is 29.9 Å². The number of non-ortho nitro benzene ring substituents is 1. The molecule has 0 saturated heterocycles. The highest BCUT2D eigenvalue weighted by Crippen LogP contribution is 2.28. The van der Waals surface area contributed by atoms with Crippen LogP contribution >= 0.6 is 0 Å². The molecule has 4 rings (SSSR count). The summed E-state index contributed by atoms with van der Waals surface area (Å²) < 4.78 is 5.75. The number of benzene rings is 2. The summed E-state index contributed by atoms with van der Waals surface area (Å²) in [6.45, 7) is 5.60. The van der Waals surface area contributed by atoms with E-state index in [9.17, 15) is 20.0 Å². The monoisotopic (exact) mass is 506 g/mol. The number of hydrogen-bond acceptors (Lipinski definition) is 12. The Hall–Kier alpha value is -5.34. The third kappa shape index (κ3) is 5.04. The quantitative estimate of drug-likeness (QED) is 0.170. The van der Waals surface area contributed by atoms with Gasteiger partial charge in [0, 0.05) is 48.1 Å². The van der Waals surface area contributed by atoms with Crippen LogP contribution in [0, 0.1) is 10.1 Å². The topological polar surface area (TPSA) is 204 Å². The molecular formula is C22H22N10O5. The standard InChI is InChI=1S/C22H22N10O5/c1-3-30(4-2)16-10-7-14(17(33)11-16)12-24-26-22(34)18-19(13-5-8-15(9-6-13)32(35)36)31(29-25-18)21-20(23)27-37-28-21/h5-12,33H,3-4H2,1-2H3,(H2,23,27)(H,26,34)/b24-12-. The van der Waals surface area contributed by atoms with Crippen molar-refractivity contribution in [1.29, 1.82) is 0 Å². The van der Waals surface area contributed by atoms with E-state index in [2.05, 4.69) is 40.7 Å². The number of carbonyl (C=O) groups is 1. The number of rotatable bonds is 9. The van der Waals surface area contributed by atoms with E-state index in [0.29, 0.717) is 11.1 Å². The number of aromatic hydroxyl groups is 1. The first-order chi connectivity index (χ1) is 17.8. The number of nitro groups is 1. The van der Waals surface area contributed by atoms with Crippen LogP contribution in [0.4, 0.5) is 17.2 Å². The van der Waals surface area contributed by atoms with Gasteiger partial charge in [-0.15, -0.1) is 5.10 Å². The smallest absolute Gasteiger partial charge is 0.294 e.